The molecule has 1 rings (SSSR count). The molecule has 0 saturated heterocycles. The SMILES string of the molecule is CN(C)C(=O)CN(C)C(=O)NC(C(=O)O)C1CCCCC1. The van der Waals surface area contributed by atoms with Crippen molar-refractivity contribution in [2.45, 2.75) is 38.1 Å². The van der Waals surface area contributed by atoms with Gasteiger partial charge in [-0.1, -0.05) is 19.3 Å². The van der Waals surface area contributed by atoms with Crippen LogP contribution in [-0.2, 0) is 9.59 Å². The van der Waals surface area contributed by atoms with Gasteiger partial charge in [0, 0.05) is 21.1 Å². The number of hydrogen-bond donors (Lipinski definition) is 2. The first kappa shape index (κ1) is 17.3. The molecule has 1 saturated carbocycles. The molecule has 2 N–H and O–H groups in total. The molecule has 1 unspecified atom stereocenters. The van der Waals surface area contributed by atoms with Gasteiger partial charge < -0.3 is 20.2 Å². The molecule has 0 aromatic carbocycles. The van der Waals surface area contributed by atoms with E-state index in [9.17, 15) is 19.5 Å². The first-order chi connectivity index (χ1) is 9.82. The van der Waals surface area contributed by atoms with Gasteiger partial charge in [0.25, 0.3) is 0 Å². The number of carboxylic acid groups (broad SMARTS) is 1. The third kappa shape index (κ3) is 5.24. The van der Waals surface area contributed by atoms with Crippen LogP contribution in [0.25, 0.3) is 0 Å². The van der Waals surface area contributed by atoms with Crippen molar-refractivity contribution in [3.05, 3.63) is 0 Å². The molecule has 0 spiro atoms. The summed E-state index contributed by atoms with van der Waals surface area (Å²) in [4.78, 5) is 37.6. The van der Waals surface area contributed by atoms with Crippen LogP contribution in [0, 0.1) is 5.92 Å². The van der Waals surface area contributed by atoms with E-state index in [0.717, 1.165) is 32.1 Å². The van der Waals surface area contributed by atoms with E-state index in [2.05, 4.69) is 5.32 Å². The van der Waals surface area contributed by atoms with Gasteiger partial charge in [0.2, 0.25) is 5.91 Å². The van der Waals surface area contributed by atoms with Crippen molar-refractivity contribution in [3.63, 3.8) is 0 Å². The second-order valence-electron chi connectivity index (χ2n) is 5.81. The van der Waals surface area contributed by atoms with Crippen molar-refractivity contribution in [1.29, 1.82) is 0 Å². The third-order valence-electron chi connectivity index (χ3n) is 3.88. The number of nitrogens with zero attached hydrogens (tertiary/aromatic N) is 2. The van der Waals surface area contributed by atoms with Gasteiger partial charge in [0.05, 0.1) is 0 Å². The average molecular weight is 299 g/mol. The van der Waals surface area contributed by atoms with Crippen LogP contribution in [0.4, 0.5) is 4.79 Å². The minimum Gasteiger partial charge on any atom is -0.480 e. The largest absolute Gasteiger partial charge is 0.480 e. The Kier molecular flexibility index (Phi) is 6.45. The summed E-state index contributed by atoms with van der Waals surface area (Å²) in [6.07, 6.45) is 4.75. The number of urea groups is 1. The molecule has 1 fully saturated rings. The Balaban J connectivity index is 2.59. The predicted molar refractivity (Wildman–Crippen MR) is 77.9 cm³/mol. The van der Waals surface area contributed by atoms with Crippen molar-refractivity contribution in [2.75, 3.05) is 27.7 Å². The number of carboxylic acids is 1. The van der Waals surface area contributed by atoms with Crippen molar-refractivity contribution >= 4 is 17.9 Å². The highest BCUT2D eigenvalue weighted by Gasteiger charge is 2.31. The summed E-state index contributed by atoms with van der Waals surface area (Å²) in [5.41, 5.74) is 0. The minimum absolute atomic E-state index is 0.0295. The molecule has 0 aromatic heterocycles. The number of nitrogens with one attached hydrogen (secondary N) is 1. The molecule has 7 nitrogen and oxygen atoms in total. The Bertz CT molecular complexity index is 392. The fourth-order valence-corrected chi connectivity index (χ4v) is 2.51. The molecular formula is C14H25N3O4. The predicted octanol–water partition coefficient (Wildman–Crippen LogP) is 0.750. The van der Waals surface area contributed by atoms with Crippen LogP contribution in [0.5, 0.6) is 0 Å². The number of carbonyl (C=O) groups is 3. The van der Waals surface area contributed by atoms with E-state index in [0.29, 0.717) is 0 Å². The van der Waals surface area contributed by atoms with Gasteiger partial charge in [0.15, 0.2) is 0 Å². The summed E-state index contributed by atoms with van der Waals surface area (Å²) in [6, 6.07) is -1.40. The average Bonchev–Trinajstić information content (AvgIpc) is 2.44. The summed E-state index contributed by atoms with van der Waals surface area (Å²) in [7, 11) is 4.70. The van der Waals surface area contributed by atoms with Crippen LogP contribution in [0.2, 0.25) is 0 Å². The lowest BCUT2D eigenvalue weighted by molar-refractivity contribution is -0.141. The standard InChI is InChI=1S/C14H25N3O4/c1-16(2)11(18)9-17(3)14(21)15-12(13(19)20)10-7-5-4-6-8-10/h10,12H,4-9H2,1-3H3,(H,15,21)(H,19,20). The lowest BCUT2D eigenvalue weighted by Crippen LogP contribution is -2.52. The van der Waals surface area contributed by atoms with Crippen LogP contribution in [0.1, 0.15) is 32.1 Å². The number of aliphatic carboxylic acids is 1. The van der Waals surface area contributed by atoms with E-state index in [4.69, 9.17) is 0 Å². The highest BCUT2D eigenvalue weighted by atomic mass is 16.4. The van der Waals surface area contributed by atoms with E-state index in [1.165, 1.54) is 16.8 Å². The van der Waals surface area contributed by atoms with Crippen LogP contribution in [0.15, 0.2) is 0 Å². The maximum atomic E-state index is 12.0. The van der Waals surface area contributed by atoms with Gasteiger partial charge in [-0.15, -0.1) is 0 Å². The van der Waals surface area contributed by atoms with Crippen LogP contribution in [-0.4, -0.2) is 66.5 Å². The van der Waals surface area contributed by atoms with E-state index in [1.54, 1.807) is 14.1 Å². The first-order valence-electron chi connectivity index (χ1n) is 7.27. The fraction of sp³-hybridized carbons (Fsp3) is 0.786. The van der Waals surface area contributed by atoms with E-state index in [-0.39, 0.29) is 18.4 Å². The molecule has 7 heteroatoms. The van der Waals surface area contributed by atoms with Crippen molar-refractivity contribution in [3.8, 4) is 0 Å². The van der Waals surface area contributed by atoms with Crippen molar-refractivity contribution in [1.82, 2.24) is 15.1 Å². The molecule has 0 radical (unpaired) electrons. The highest BCUT2D eigenvalue weighted by molar-refractivity contribution is 5.86. The molecule has 1 aliphatic carbocycles. The van der Waals surface area contributed by atoms with Crippen LogP contribution in [0.3, 0.4) is 0 Å². The van der Waals surface area contributed by atoms with Crippen LogP contribution >= 0.6 is 0 Å². The van der Waals surface area contributed by atoms with Crippen molar-refractivity contribution < 1.29 is 19.5 Å². The maximum Gasteiger partial charge on any atom is 0.326 e. The zero-order valence-corrected chi connectivity index (χ0v) is 13.0. The molecule has 0 aromatic rings. The Labute approximate surface area is 125 Å². The van der Waals surface area contributed by atoms with Gasteiger partial charge in [-0.25, -0.2) is 9.59 Å². The summed E-state index contributed by atoms with van der Waals surface area (Å²) < 4.78 is 0. The van der Waals surface area contributed by atoms with Gasteiger partial charge in [0.1, 0.15) is 12.6 Å². The summed E-state index contributed by atoms with van der Waals surface area (Å²) in [5, 5.41) is 11.9. The summed E-state index contributed by atoms with van der Waals surface area (Å²) >= 11 is 0. The van der Waals surface area contributed by atoms with Gasteiger partial charge in [-0.2, -0.15) is 0 Å². The van der Waals surface area contributed by atoms with Gasteiger partial charge in [-0.05, 0) is 18.8 Å². The zero-order valence-electron chi connectivity index (χ0n) is 13.0. The molecule has 3 amide bonds. The van der Waals surface area contributed by atoms with Crippen molar-refractivity contribution in [2.24, 2.45) is 5.92 Å². The lowest BCUT2D eigenvalue weighted by atomic mass is 9.84. The molecular weight excluding hydrogens is 274 g/mol. The summed E-state index contributed by atoms with van der Waals surface area (Å²) in [6.45, 7) is -0.0736. The molecule has 0 bridgehead atoms. The Morgan fingerprint density at radius 3 is 2.19 bits per heavy atom. The molecule has 1 aliphatic rings. The third-order valence-corrected chi connectivity index (χ3v) is 3.88. The monoisotopic (exact) mass is 299 g/mol. The molecule has 0 heterocycles. The fourth-order valence-electron chi connectivity index (χ4n) is 2.51. The smallest absolute Gasteiger partial charge is 0.326 e. The van der Waals surface area contributed by atoms with E-state index in [1.807, 2.05) is 0 Å². The quantitative estimate of drug-likeness (QED) is 0.784. The van der Waals surface area contributed by atoms with Crippen LogP contribution < -0.4 is 5.32 Å². The lowest BCUT2D eigenvalue weighted by Gasteiger charge is -2.29. The highest BCUT2D eigenvalue weighted by Crippen LogP contribution is 2.26. The Morgan fingerprint density at radius 1 is 1.14 bits per heavy atom. The minimum atomic E-state index is -1.01. The van der Waals surface area contributed by atoms with E-state index < -0.39 is 18.0 Å². The topological polar surface area (TPSA) is 90.0 Å². The Morgan fingerprint density at radius 2 is 1.71 bits per heavy atom. The molecule has 1 atom stereocenters. The number of likely N-dealkylation sites (N-methyl/N-ethyl adjacent to an activating group) is 2. The number of amides is 3. The Hall–Kier alpha value is -1.79. The van der Waals surface area contributed by atoms with Gasteiger partial charge >= 0.3 is 12.0 Å². The second-order valence-corrected chi connectivity index (χ2v) is 5.81. The first-order valence-corrected chi connectivity index (χ1v) is 7.27. The number of carbonyl (C=O) groups excluding carboxylic acids is 2. The maximum absolute atomic E-state index is 12.0. The molecule has 21 heavy (non-hydrogen) atoms. The molecule has 120 valence electrons. The van der Waals surface area contributed by atoms with Gasteiger partial charge in [-0.3, -0.25) is 4.79 Å². The molecule has 0 aliphatic heterocycles. The number of rotatable bonds is 5. The van der Waals surface area contributed by atoms with E-state index >= 15 is 0 Å². The zero-order chi connectivity index (χ0) is 16.0. The second kappa shape index (κ2) is 7.85. The number of hydrogen-bond acceptors (Lipinski definition) is 3. The normalized spacial score (nSPS) is 16.9. The summed E-state index contributed by atoms with van der Waals surface area (Å²) in [5.74, 6) is -1.25.